The molecule has 0 aromatic heterocycles. The minimum absolute atomic E-state index is 0.0639. The first-order valence-electron chi connectivity index (χ1n) is 7.80. The van der Waals surface area contributed by atoms with Gasteiger partial charge in [-0.2, -0.15) is 0 Å². The van der Waals surface area contributed by atoms with Crippen LogP contribution in [0.25, 0.3) is 0 Å². The van der Waals surface area contributed by atoms with E-state index in [2.05, 4.69) is 10.6 Å². The van der Waals surface area contributed by atoms with Crippen molar-refractivity contribution in [2.24, 2.45) is 5.92 Å². The van der Waals surface area contributed by atoms with E-state index in [1.54, 1.807) is 0 Å². The van der Waals surface area contributed by atoms with Gasteiger partial charge in [0.2, 0.25) is 11.8 Å². The van der Waals surface area contributed by atoms with Crippen molar-refractivity contribution in [1.82, 2.24) is 10.6 Å². The lowest BCUT2D eigenvalue weighted by Gasteiger charge is -2.10. The summed E-state index contributed by atoms with van der Waals surface area (Å²) in [5.74, 6) is 1.07. The van der Waals surface area contributed by atoms with Gasteiger partial charge < -0.3 is 15.4 Å². The highest BCUT2D eigenvalue weighted by Crippen LogP contribution is 2.28. The summed E-state index contributed by atoms with van der Waals surface area (Å²) in [6.07, 6.45) is 2.30. The van der Waals surface area contributed by atoms with Gasteiger partial charge in [-0.25, -0.2) is 0 Å². The molecular weight excluding hydrogens is 280 g/mol. The fourth-order valence-corrected chi connectivity index (χ4v) is 2.08. The summed E-state index contributed by atoms with van der Waals surface area (Å²) in [6.45, 7) is 5.29. The first-order chi connectivity index (χ1) is 10.6. The zero-order valence-electron chi connectivity index (χ0n) is 13.3. The van der Waals surface area contributed by atoms with E-state index in [9.17, 15) is 9.59 Å². The van der Waals surface area contributed by atoms with Crippen molar-refractivity contribution in [1.29, 1.82) is 0 Å². The molecule has 0 saturated heterocycles. The molecule has 1 aliphatic carbocycles. The van der Waals surface area contributed by atoms with E-state index in [1.165, 1.54) is 0 Å². The van der Waals surface area contributed by atoms with Crippen LogP contribution < -0.4 is 15.4 Å². The number of amides is 2. The van der Waals surface area contributed by atoms with Crippen LogP contribution >= 0.6 is 0 Å². The molecule has 1 aromatic carbocycles. The maximum atomic E-state index is 11.7. The number of nitrogens with one attached hydrogen (secondary N) is 2. The van der Waals surface area contributed by atoms with Gasteiger partial charge in [0.05, 0.1) is 13.0 Å². The number of aryl methyl sites for hydroxylation is 2. The molecule has 0 spiro atoms. The van der Waals surface area contributed by atoms with Gasteiger partial charge in [-0.05, 0) is 43.9 Å². The van der Waals surface area contributed by atoms with E-state index in [-0.39, 0.29) is 17.7 Å². The molecule has 5 heteroatoms. The highest BCUT2D eigenvalue weighted by Gasteiger charge is 2.28. The van der Waals surface area contributed by atoms with Gasteiger partial charge in [0.25, 0.3) is 0 Å². The second kappa shape index (κ2) is 7.82. The Labute approximate surface area is 131 Å². The smallest absolute Gasteiger partial charge is 0.223 e. The van der Waals surface area contributed by atoms with E-state index < -0.39 is 0 Å². The number of ether oxygens (including phenoxy) is 1. The van der Waals surface area contributed by atoms with Crippen molar-refractivity contribution in [3.8, 4) is 5.75 Å². The number of carbonyl (C=O) groups excluding carboxylic acids is 2. The summed E-state index contributed by atoms with van der Waals surface area (Å²) in [5.41, 5.74) is 2.20. The van der Waals surface area contributed by atoms with Gasteiger partial charge in [-0.3, -0.25) is 9.59 Å². The summed E-state index contributed by atoms with van der Waals surface area (Å²) >= 11 is 0. The third kappa shape index (κ3) is 5.39. The molecule has 1 aliphatic rings. The quantitative estimate of drug-likeness (QED) is 0.719. The minimum Gasteiger partial charge on any atom is -0.493 e. The second-order valence-corrected chi connectivity index (χ2v) is 5.78. The van der Waals surface area contributed by atoms with Crippen molar-refractivity contribution < 1.29 is 14.3 Å². The van der Waals surface area contributed by atoms with Crippen LogP contribution in [0, 0.1) is 19.8 Å². The van der Waals surface area contributed by atoms with Crippen molar-refractivity contribution in [3.05, 3.63) is 29.3 Å². The van der Waals surface area contributed by atoms with Crippen LogP contribution in [0.1, 0.15) is 30.4 Å². The molecule has 0 unspecified atom stereocenters. The Balaban J connectivity index is 1.57. The van der Waals surface area contributed by atoms with Gasteiger partial charge in [-0.1, -0.05) is 12.1 Å². The molecule has 2 rings (SSSR count). The standard InChI is InChI=1S/C17H24N2O3/c1-12-3-4-13(2)15(11-12)22-10-7-16(20)18-8-9-19-17(21)14-5-6-14/h3-4,11,14H,5-10H2,1-2H3,(H,18,20)(H,19,21). The molecule has 2 N–H and O–H groups in total. The van der Waals surface area contributed by atoms with Crippen LogP contribution in [0.4, 0.5) is 0 Å². The van der Waals surface area contributed by atoms with Gasteiger partial charge >= 0.3 is 0 Å². The third-order valence-electron chi connectivity index (χ3n) is 3.62. The van der Waals surface area contributed by atoms with Crippen molar-refractivity contribution in [2.75, 3.05) is 19.7 Å². The fourth-order valence-electron chi connectivity index (χ4n) is 2.08. The van der Waals surface area contributed by atoms with Crippen LogP contribution in [0.5, 0.6) is 5.75 Å². The van der Waals surface area contributed by atoms with E-state index in [4.69, 9.17) is 4.74 Å². The first-order valence-corrected chi connectivity index (χ1v) is 7.80. The zero-order chi connectivity index (χ0) is 15.9. The van der Waals surface area contributed by atoms with Crippen molar-refractivity contribution in [3.63, 3.8) is 0 Å². The Bertz CT molecular complexity index is 539. The molecule has 120 valence electrons. The van der Waals surface area contributed by atoms with Gasteiger partial charge in [0, 0.05) is 19.0 Å². The first kappa shape index (κ1) is 16.3. The fraction of sp³-hybridized carbons (Fsp3) is 0.529. The number of hydrogen-bond acceptors (Lipinski definition) is 3. The SMILES string of the molecule is Cc1ccc(C)c(OCCC(=O)NCCNC(=O)C2CC2)c1. The number of carbonyl (C=O) groups is 2. The molecule has 1 aromatic rings. The lowest BCUT2D eigenvalue weighted by Crippen LogP contribution is -2.35. The third-order valence-corrected chi connectivity index (χ3v) is 3.62. The van der Waals surface area contributed by atoms with Crippen LogP contribution in [0.3, 0.4) is 0 Å². The number of hydrogen-bond donors (Lipinski definition) is 2. The molecule has 0 heterocycles. The zero-order valence-corrected chi connectivity index (χ0v) is 13.3. The summed E-state index contributed by atoms with van der Waals surface area (Å²) in [5, 5.41) is 5.59. The van der Waals surface area contributed by atoms with E-state index >= 15 is 0 Å². The summed E-state index contributed by atoms with van der Waals surface area (Å²) in [7, 11) is 0. The van der Waals surface area contributed by atoms with Crippen LogP contribution in [0.15, 0.2) is 18.2 Å². The Kier molecular flexibility index (Phi) is 5.81. The van der Waals surface area contributed by atoms with Gasteiger partial charge in [0.15, 0.2) is 0 Å². The van der Waals surface area contributed by atoms with E-state index in [1.807, 2.05) is 32.0 Å². The normalized spacial score (nSPS) is 13.5. The molecule has 0 aliphatic heterocycles. The summed E-state index contributed by atoms with van der Waals surface area (Å²) in [6, 6.07) is 6.01. The maximum absolute atomic E-state index is 11.7. The molecular formula is C17H24N2O3. The summed E-state index contributed by atoms with van der Waals surface area (Å²) < 4.78 is 5.64. The average Bonchev–Trinajstić information content (AvgIpc) is 3.32. The van der Waals surface area contributed by atoms with Crippen LogP contribution in [-0.4, -0.2) is 31.5 Å². The number of benzene rings is 1. The monoisotopic (exact) mass is 304 g/mol. The lowest BCUT2D eigenvalue weighted by molar-refractivity contribution is -0.123. The lowest BCUT2D eigenvalue weighted by atomic mass is 10.1. The minimum atomic E-state index is -0.0639. The van der Waals surface area contributed by atoms with Crippen LogP contribution in [0.2, 0.25) is 0 Å². The highest BCUT2D eigenvalue weighted by atomic mass is 16.5. The molecule has 0 atom stereocenters. The van der Waals surface area contributed by atoms with Gasteiger partial charge in [-0.15, -0.1) is 0 Å². The van der Waals surface area contributed by atoms with Crippen LogP contribution in [-0.2, 0) is 9.59 Å². The molecule has 22 heavy (non-hydrogen) atoms. The molecule has 1 saturated carbocycles. The van der Waals surface area contributed by atoms with E-state index in [0.29, 0.717) is 26.1 Å². The highest BCUT2D eigenvalue weighted by molar-refractivity contribution is 5.81. The molecule has 1 fully saturated rings. The predicted molar refractivity (Wildman–Crippen MR) is 84.8 cm³/mol. The average molecular weight is 304 g/mol. The Morgan fingerprint density at radius 1 is 1.18 bits per heavy atom. The Hall–Kier alpha value is -2.04. The maximum Gasteiger partial charge on any atom is 0.223 e. The largest absolute Gasteiger partial charge is 0.493 e. The molecule has 2 amide bonds. The molecule has 0 radical (unpaired) electrons. The summed E-state index contributed by atoms with van der Waals surface area (Å²) in [4.78, 5) is 23.1. The molecule has 5 nitrogen and oxygen atoms in total. The Morgan fingerprint density at radius 2 is 1.91 bits per heavy atom. The number of rotatable bonds is 8. The Morgan fingerprint density at radius 3 is 2.64 bits per heavy atom. The predicted octanol–water partition coefficient (Wildman–Crippen LogP) is 1.71. The molecule has 0 bridgehead atoms. The van der Waals surface area contributed by atoms with Gasteiger partial charge in [0.1, 0.15) is 5.75 Å². The van der Waals surface area contributed by atoms with Crippen molar-refractivity contribution >= 4 is 11.8 Å². The second-order valence-electron chi connectivity index (χ2n) is 5.78. The topological polar surface area (TPSA) is 67.4 Å². The van der Waals surface area contributed by atoms with Crippen molar-refractivity contribution in [2.45, 2.75) is 33.1 Å². The van der Waals surface area contributed by atoms with E-state index in [0.717, 1.165) is 29.7 Å².